The Morgan fingerprint density at radius 1 is 1.03 bits per heavy atom. The first-order valence-corrected chi connectivity index (χ1v) is 10.6. The van der Waals surface area contributed by atoms with Gasteiger partial charge in [-0.2, -0.15) is 0 Å². The van der Waals surface area contributed by atoms with Gasteiger partial charge < -0.3 is 9.64 Å². The van der Waals surface area contributed by atoms with Gasteiger partial charge in [0, 0.05) is 24.7 Å². The molecule has 0 aromatic heterocycles. The van der Waals surface area contributed by atoms with Gasteiger partial charge in [0.15, 0.2) is 0 Å². The number of methoxy groups -OCH3 is 1. The zero-order chi connectivity index (χ0) is 20.4. The average molecular weight is 410 g/mol. The molecule has 0 radical (unpaired) electrons. The fourth-order valence-electron chi connectivity index (χ4n) is 3.83. The Morgan fingerprint density at radius 3 is 2.38 bits per heavy atom. The third-order valence-electron chi connectivity index (χ3n) is 5.44. The number of imide groups is 1. The predicted molar refractivity (Wildman–Crippen MR) is 112 cm³/mol. The van der Waals surface area contributed by atoms with Crippen molar-refractivity contribution in [2.75, 3.05) is 26.0 Å². The number of rotatable bonds is 4. The lowest BCUT2D eigenvalue weighted by molar-refractivity contribution is -0.126. The van der Waals surface area contributed by atoms with Crippen molar-refractivity contribution in [3.05, 3.63) is 54.1 Å². The molecule has 0 N–H and O–H groups in total. The van der Waals surface area contributed by atoms with E-state index in [1.54, 1.807) is 12.0 Å². The fourth-order valence-corrected chi connectivity index (χ4v) is 4.61. The highest BCUT2D eigenvalue weighted by molar-refractivity contribution is 8.14. The van der Waals surface area contributed by atoms with Crippen LogP contribution in [0.1, 0.15) is 23.2 Å². The van der Waals surface area contributed by atoms with E-state index in [1.165, 1.54) is 4.90 Å². The van der Waals surface area contributed by atoms with Gasteiger partial charge in [-0.3, -0.25) is 19.3 Å². The number of nitrogens with zero attached hydrogens (tertiary/aromatic N) is 2. The van der Waals surface area contributed by atoms with E-state index < -0.39 is 0 Å². The third kappa shape index (κ3) is 4.00. The Balaban J connectivity index is 1.40. The van der Waals surface area contributed by atoms with E-state index in [1.807, 2.05) is 48.5 Å². The molecule has 0 bridgehead atoms. The molecule has 0 spiro atoms. The fraction of sp³-hybridized carbons (Fsp3) is 0.318. The lowest BCUT2D eigenvalue weighted by Gasteiger charge is -2.35. The SMILES string of the molecule is COc1cccc(-c2ccc(C(=O)N3CCC(N4C(=O)CSC4=O)CC3)cc2)c1. The summed E-state index contributed by atoms with van der Waals surface area (Å²) in [6.45, 7) is 1.09. The number of amides is 3. The molecule has 2 aliphatic heterocycles. The second-order valence-electron chi connectivity index (χ2n) is 7.15. The van der Waals surface area contributed by atoms with E-state index in [9.17, 15) is 14.4 Å². The molecule has 2 aromatic rings. The lowest BCUT2D eigenvalue weighted by atomic mass is 10.0. The van der Waals surface area contributed by atoms with Crippen molar-refractivity contribution in [2.24, 2.45) is 0 Å². The molecule has 0 aliphatic carbocycles. The van der Waals surface area contributed by atoms with E-state index in [0.717, 1.165) is 28.6 Å². The summed E-state index contributed by atoms with van der Waals surface area (Å²) in [5.41, 5.74) is 2.68. The Kier molecular flexibility index (Phi) is 5.58. The Morgan fingerprint density at radius 2 is 1.76 bits per heavy atom. The van der Waals surface area contributed by atoms with Gasteiger partial charge >= 0.3 is 0 Å². The summed E-state index contributed by atoms with van der Waals surface area (Å²) >= 11 is 1.06. The number of carbonyl (C=O) groups is 3. The van der Waals surface area contributed by atoms with Gasteiger partial charge in [0.25, 0.3) is 11.1 Å². The largest absolute Gasteiger partial charge is 0.497 e. The predicted octanol–water partition coefficient (Wildman–Crippen LogP) is 3.66. The first-order valence-electron chi connectivity index (χ1n) is 9.59. The van der Waals surface area contributed by atoms with Crippen LogP contribution in [0.5, 0.6) is 5.75 Å². The molecule has 0 atom stereocenters. The average Bonchev–Trinajstić information content (AvgIpc) is 3.11. The van der Waals surface area contributed by atoms with E-state index >= 15 is 0 Å². The standard InChI is InChI=1S/C22H22N2O4S/c1-28-19-4-2-3-17(13-19)15-5-7-16(8-6-15)21(26)23-11-9-18(10-12-23)24-20(25)14-29-22(24)27/h2-8,13,18H,9-12,14H2,1H3. The lowest BCUT2D eigenvalue weighted by Crippen LogP contribution is -2.48. The number of hydrogen-bond acceptors (Lipinski definition) is 5. The van der Waals surface area contributed by atoms with Crippen LogP contribution in [0, 0.1) is 0 Å². The number of hydrogen-bond donors (Lipinski definition) is 0. The Bertz CT molecular complexity index is 920. The van der Waals surface area contributed by atoms with Gasteiger partial charge in [-0.15, -0.1) is 0 Å². The normalized spacial score (nSPS) is 17.7. The molecule has 0 saturated carbocycles. The van der Waals surface area contributed by atoms with Gasteiger partial charge in [0.05, 0.1) is 12.9 Å². The Labute approximate surface area is 173 Å². The maximum atomic E-state index is 12.9. The van der Waals surface area contributed by atoms with Crippen LogP contribution < -0.4 is 4.74 Å². The van der Waals surface area contributed by atoms with Crippen LogP contribution in [-0.2, 0) is 4.79 Å². The molecule has 2 heterocycles. The number of ether oxygens (including phenoxy) is 1. The summed E-state index contributed by atoms with van der Waals surface area (Å²) in [5, 5.41) is -0.159. The van der Waals surface area contributed by atoms with Crippen molar-refractivity contribution in [3.8, 4) is 16.9 Å². The smallest absolute Gasteiger partial charge is 0.289 e. The molecule has 2 aromatic carbocycles. The minimum atomic E-state index is -0.159. The van der Waals surface area contributed by atoms with E-state index in [2.05, 4.69) is 0 Å². The van der Waals surface area contributed by atoms with E-state index in [4.69, 9.17) is 4.74 Å². The summed E-state index contributed by atoms with van der Waals surface area (Å²) < 4.78 is 5.27. The molecular weight excluding hydrogens is 388 g/mol. The van der Waals surface area contributed by atoms with Crippen LogP contribution >= 0.6 is 11.8 Å². The second kappa shape index (κ2) is 8.29. The van der Waals surface area contributed by atoms with Gasteiger partial charge in [-0.05, 0) is 48.2 Å². The second-order valence-corrected chi connectivity index (χ2v) is 8.08. The van der Waals surface area contributed by atoms with Gasteiger partial charge in [-0.25, -0.2) is 0 Å². The van der Waals surface area contributed by atoms with E-state index in [0.29, 0.717) is 31.5 Å². The molecule has 0 unspecified atom stereocenters. The summed E-state index contributed by atoms with van der Waals surface area (Å²) in [4.78, 5) is 39.8. The highest BCUT2D eigenvalue weighted by atomic mass is 32.2. The molecule has 150 valence electrons. The first-order chi connectivity index (χ1) is 14.1. The zero-order valence-corrected chi connectivity index (χ0v) is 17.0. The van der Waals surface area contributed by atoms with Crippen molar-refractivity contribution in [3.63, 3.8) is 0 Å². The zero-order valence-electron chi connectivity index (χ0n) is 16.2. The maximum absolute atomic E-state index is 12.9. The van der Waals surface area contributed by atoms with Gasteiger partial charge in [-0.1, -0.05) is 36.0 Å². The highest BCUT2D eigenvalue weighted by Crippen LogP contribution is 2.28. The number of likely N-dealkylation sites (tertiary alicyclic amines) is 1. The highest BCUT2D eigenvalue weighted by Gasteiger charge is 2.38. The summed E-state index contributed by atoms with van der Waals surface area (Å²) in [6, 6.07) is 15.3. The van der Waals surface area contributed by atoms with Crippen LogP contribution in [0.4, 0.5) is 4.79 Å². The molecule has 2 aliphatic rings. The van der Waals surface area contributed by atoms with Crippen molar-refractivity contribution in [1.82, 2.24) is 9.80 Å². The van der Waals surface area contributed by atoms with Crippen LogP contribution in [0.25, 0.3) is 11.1 Å². The van der Waals surface area contributed by atoms with Crippen LogP contribution in [0.3, 0.4) is 0 Å². The quantitative estimate of drug-likeness (QED) is 0.770. The molecule has 2 saturated heterocycles. The Hall–Kier alpha value is -2.80. The van der Waals surface area contributed by atoms with E-state index in [-0.39, 0.29) is 28.8 Å². The minimum absolute atomic E-state index is 0.0194. The summed E-state index contributed by atoms with van der Waals surface area (Å²) in [6.07, 6.45) is 1.26. The topological polar surface area (TPSA) is 66.9 Å². The van der Waals surface area contributed by atoms with Crippen molar-refractivity contribution in [2.45, 2.75) is 18.9 Å². The molecule has 2 fully saturated rings. The van der Waals surface area contributed by atoms with Crippen molar-refractivity contribution < 1.29 is 19.1 Å². The molecular formula is C22H22N2O4S. The first kappa shape index (κ1) is 19.5. The van der Waals surface area contributed by atoms with Gasteiger partial charge in [0.2, 0.25) is 5.91 Å². The summed E-state index contributed by atoms with van der Waals surface area (Å²) in [7, 11) is 1.64. The third-order valence-corrected chi connectivity index (χ3v) is 6.27. The molecule has 6 nitrogen and oxygen atoms in total. The van der Waals surface area contributed by atoms with Crippen molar-refractivity contribution >= 4 is 28.8 Å². The maximum Gasteiger partial charge on any atom is 0.289 e. The van der Waals surface area contributed by atoms with Crippen LogP contribution in [-0.4, -0.2) is 58.8 Å². The monoisotopic (exact) mass is 410 g/mol. The number of piperidine rings is 1. The van der Waals surface area contributed by atoms with Crippen LogP contribution in [0.15, 0.2) is 48.5 Å². The molecule has 29 heavy (non-hydrogen) atoms. The molecule has 7 heteroatoms. The molecule has 3 amide bonds. The van der Waals surface area contributed by atoms with Gasteiger partial charge in [0.1, 0.15) is 5.75 Å². The summed E-state index contributed by atoms with van der Waals surface area (Å²) in [5.74, 6) is 0.892. The van der Waals surface area contributed by atoms with Crippen molar-refractivity contribution in [1.29, 1.82) is 0 Å². The number of carbonyl (C=O) groups excluding carboxylic acids is 3. The minimum Gasteiger partial charge on any atom is -0.497 e. The van der Waals surface area contributed by atoms with Crippen LogP contribution in [0.2, 0.25) is 0 Å². The number of thioether (sulfide) groups is 1. The molecule has 4 rings (SSSR count). The number of benzene rings is 2.